The largest absolute Gasteiger partial charge is 0.497 e. The van der Waals surface area contributed by atoms with Crippen LogP contribution >= 0.6 is 23.2 Å². The molecule has 0 aliphatic carbocycles. The van der Waals surface area contributed by atoms with Crippen molar-refractivity contribution in [2.45, 2.75) is 0 Å². The minimum Gasteiger partial charge on any atom is -0.497 e. The summed E-state index contributed by atoms with van der Waals surface area (Å²) in [6.07, 6.45) is 1.38. The van der Waals surface area contributed by atoms with E-state index in [1.165, 1.54) is 6.33 Å². The lowest BCUT2D eigenvalue weighted by Gasteiger charge is -2.15. The van der Waals surface area contributed by atoms with Crippen LogP contribution in [0.1, 0.15) is 0 Å². The van der Waals surface area contributed by atoms with E-state index in [2.05, 4.69) is 20.6 Å². The van der Waals surface area contributed by atoms with Crippen LogP contribution in [0.25, 0.3) is 0 Å². The van der Waals surface area contributed by atoms with Crippen molar-refractivity contribution < 1.29 is 9.47 Å². The molecule has 0 bridgehead atoms. The normalized spacial score (nSPS) is 10.4. The molecule has 4 N–H and O–H groups in total. The standard InChI is InChI=1S/C18H17Cl2N5O2/c1-26-10-6-7-12(14(8-10)27-2)24-17-16(21)18(23-9-22-17)25-13-5-3-4-11(19)15(13)20/h3-9H,21H2,1-2H3,(H2,22,23,24,25). The first-order chi connectivity index (χ1) is 13.0. The molecule has 0 aliphatic heterocycles. The topological polar surface area (TPSA) is 94.3 Å². The van der Waals surface area contributed by atoms with Crippen LogP contribution in [0.4, 0.5) is 28.7 Å². The predicted octanol–water partition coefficient (Wildman–Crippen LogP) is 4.87. The summed E-state index contributed by atoms with van der Waals surface area (Å²) < 4.78 is 10.6. The Morgan fingerprint density at radius 1 is 0.926 bits per heavy atom. The van der Waals surface area contributed by atoms with Gasteiger partial charge >= 0.3 is 0 Å². The summed E-state index contributed by atoms with van der Waals surface area (Å²) >= 11 is 12.3. The number of nitrogens with one attached hydrogen (secondary N) is 2. The summed E-state index contributed by atoms with van der Waals surface area (Å²) in [7, 11) is 3.15. The van der Waals surface area contributed by atoms with Crippen molar-refractivity contribution in [1.29, 1.82) is 0 Å². The lowest BCUT2D eigenvalue weighted by Crippen LogP contribution is -2.06. The summed E-state index contributed by atoms with van der Waals surface area (Å²) in [5.41, 5.74) is 7.80. The Kier molecular flexibility index (Phi) is 5.73. The Labute approximate surface area is 166 Å². The van der Waals surface area contributed by atoms with E-state index in [9.17, 15) is 0 Å². The van der Waals surface area contributed by atoms with Gasteiger partial charge in [-0.05, 0) is 24.3 Å². The molecule has 3 rings (SSSR count). The molecule has 140 valence electrons. The second-order valence-electron chi connectivity index (χ2n) is 5.40. The second kappa shape index (κ2) is 8.20. The number of benzene rings is 2. The van der Waals surface area contributed by atoms with Crippen molar-refractivity contribution in [2.75, 3.05) is 30.6 Å². The maximum atomic E-state index is 6.22. The van der Waals surface area contributed by atoms with Gasteiger partial charge in [0.2, 0.25) is 0 Å². The summed E-state index contributed by atoms with van der Waals surface area (Å²) in [5.74, 6) is 2.06. The molecule has 0 saturated heterocycles. The van der Waals surface area contributed by atoms with Crippen LogP contribution in [0.5, 0.6) is 11.5 Å². The lowest BCUT2D eigenvalue weighted by atomic mass is 10.2. The third-order valence-electron chi connectivity index (χ3n) is 3.75. The highest BCUT2D eigenvalue weighted by Crippen LogP contribution is 2.36. The van der Waals surface area contributed by atoms with Crippen LogP contribution in [0.2, 0.25) is 10.0 Å². The van der Waals surface area contributed by atoms with Gasteiger partial charge in [-0.3, -0.25) is 0 Å². The van der Waals surface area contributed by atoms with Crippen molar-refractivity contribution in [3.8, 4) is 11.5 Å². The quantitative estimate of drug-likeness (QED) is 0.538. The number of anilines is 5. The Hall–Kier alpha value is -2.90. The van der Waals surface area contributed by atoms with Crippen molar-refractivity contribution in [3.05, 3.63) is 52.8 Å². The maximum Gasteiger partial charge on any atom is 0.159 e. The smallest absolute Gasteiger partial charge is 0.159 e. The van der Waals surface area contributed by atoms with Crippen molar-refractivity contribution >= 4 is 51.9 Å². The van der Waals surface area contributed by atoms with E-state index in [0.29, 0.717) is 50.2 Å². The molecule has 0 fully saturated rings. The molecule has 0 radical (unpaired) electrons. The van der Waals surface area contributed by atoms with Crippen LogP contribution in [0.3, 0.4) is 0 Å². The second-order valence-corrected chi connectivity index (χ2v) is 6.19. The number of ether oxygens (including phenoxy) is 2. The predicted molar refractivity (Wildman–Crippen MR) is 109 cm³/mol. The van der Waals surface area contributed by atoms with Gasteiger partial charge in [-0.1, -0.05) is 29.3 Å². The van der Waals surface area contributed by atoms with Crippen LogP contribution < -0.4 is 25.8 Å². The van der Waals surface area contributed by atoms with E-state index in [4.69, 9.17) is 38.4 Å². The molecule has 7 nitrogen and oxygen atoms in total. The first kappa shape index (κ1) is 18.9. The minimum atomic E-state index is 0.311. The number of nitrogen functional groups attached to an aromatic ring is 1. The summed E-state index contributed by atoms with van der Waals surface area (Å²) in [4.78, 5) is 8.38. The van der Waals surface area contributed by atoms with Gasteiger partial charge in [-0.25, -0.2) is 9.97 Å². The lowest BCUT2D eigenvalue weighted by molar-refractivity contribution is 0.395. The summed E-state index contributed by atoms with van der Waals surface area (Å²) in [6.45, 7) is 0. The number of rotatable bonds is 6. The zero-order valence-electron chi connectivity index (χ0n) is 14.6. The molecule has 0 aliphatic rings. The molecule has 0 spiro atoms. The van der Waals surface area contributed by atoms with Gasteiger partial charge in [-0.15, -0.1) is 0 Å². The fourth-order valence-corrected chi connectivity index (χ4v) is 2.70. The van der Waals surface area contributed by atoms with E-state index in [1.54, 1.807) is 50.6 Å². The van der Waals surface area contributed by atoms with Crippen LogP contribution in [0.15, 0.2) is 42.7 Å². The van der Waals surface area contributed by atoms with E-state index in [-0.39, 0.29) is 0 Å². The van der Waals surface area contributed by atoms with E-state index in [0.717, 1.165) is 0 Å². The SMILES string of the molecule is COc1ccc(Nc2ncnc(Nc3cccc(Cl)c3Cl)c2N)c(OC)c1. The first-order valence-electron chi connectivity index (χ1n) is 7.84. The minimum absolute atomic E-state index is 0.311. The number of aromatic nitrogens is 2. The molecular formula is C18H17Cl2N5O2. The van der Waals surface area contributed by atoms with Crippen LogP contribution in [0, 0.1) is 0 Å². The number of hydrogen-bond acceptors (Lipinski definition) is 7. The number of halogens is 2. The number of methoxy groups -OCH3 is 2. The Morgan fingerprint density at radius 3 is 2.30 bits per heavy atom. The monoisotopic (exact) mass is 405 g/mol. The van der Waals surface area contributed by atoms with Crippen molar-refractivity contribution in [1.82, 2.24) is 9.97 Å². The summed E-state index contributed by atoms with van der Waals surface area (Å²) in [6, 6.07) is 10.6. The zero-order chi connectivity index (χ0) is 19.4. The molecule has 0 saturated carbocycles. The molecule has 3 aromatic rings. The number of nitrogens with zero attached hydrogens (tertiary/aromatic N) is 2. The Balaban J connectivity index is 1.90. The molecule has 0 unspecified atom stereocenters. The molecule has 2 aromatic carbocycles. The van der Waals surface area contributed by atoms with Gasteiger partial charge in [0.25, 0.3) is 0 Å². The highest BCUT2D eigenvalue weighted by Gasteiger charge is 2.13. The van der Waals surface area contributed by atoms with Gasteiger partial charge in [-0.2, -0.15) is 0 Å². The van der Waals surface area contributed by atoms with Gasteiger partial charge < -0.3 is 25.8 Å². The summed E-state index contributed by atoms with van der Waals surface area (Å²) in [5, 5.41) is 7.01. The molecule has 0 amide bonds. The first-order valence-corrected chi connectivity index (χ1v) is 8.59. The zero-order valence-corrected chi connectivity index (χ0v) is 16.1. The third kappa shape index (κ3) is 4.10. The molecule has 0 atom stereocenters. The highest BCUT2D eigenvalue weighted by atomic mass is 35.5. The van der Waals surface area contributed by atoms with Gasteiger partial charge in [0.15, 0.2) is 11.6 Å². The average molecular weight is 406 g/mol. The van der Waals surface area contributed by atoms with E-state index < -0.39 is 0 Å². The van der Waals surface area contributed by atoms with E-state index in [1.807, 2.05) is 0 Å². The van der Waals surface area contributed by atoms with Crippen molar-refractivity contribution in [2.24, 2.45) is 0 Å². The number of nitrogens with two attached hydrogens (primary N) is 1. The van der Waals surface area contributed by atoms with Gasteiger partial charge in [0.1, 0.15) is 23.5 Å². The highest BCUT2D eigenvalue weighted by molar-refractivity contribution is 6.43. The fraction of sp³-hybridized carbons (Fsp3) is 0.111. The van der Waals surface area contributed by atoms with Crippen LogP contribution in [-0.2, 0) is 0 Å². The Morgan fingerprint density at radius 2 is 1.63 bits per heavy atom. The number of hydrogen-bond donors (Lipinski definition) is 3. The van der Waals surface area contributed by atoms with E-state index >= 15 is 0 Å². The van der Waals surface area contributed by atoms with Gasteiger partial charge in [0, 0.05) is 6.07 Å². The Bertz CT molecular complexity index is 968. The maximum absolute atomic E-state index is 6.22. The molecule has 27 heavy (non-hydrogen) atoms. The molecule has 1 heterocycles. The fourth-order valence-electron chi connectivity index (χ4n) is 2.35. The van der Waals surface area contributed by atoms with Gasteiger partial charge in [0.05, 0.1) is 35.6 Å². The average Bonchev–Trinajstić information content (AvgIpc) is 2.68. The molecule has 1 aromatic heterocycles. The van der Waals surface area contributed by atoms with Crippen LogP contribution in [-0.4, -0.2) is 24.2 Å². The molecule has 9 heteroatoms. The molecular weight excluding hydrogens is 389 g/mol. The third-order valence-corrected chi connectivity index (χ3v) is 4.57. The van der Waals surface area contributed by atoms with Crippen molar-refractivity contribution in [3.63, 3.8) is 0 Å².